The smallest absolute Gasteiger partial charge is 0.129 e. The van der Waals surface area contributed by atoms with Gasteiger partial charge in [-0.3, -0.25) is 0 Å². The number of rotatable bonds is 4. The summed E-state index contributed by atoms with van der Waals surface area (Å²) in [4.78, 5) is 0. The van der Waals surface area contributed by atoms with Gasteiger partial charge in [0.15, 0.2) is 0 Å². The van der Waals surface area contributed by atoms with E-state index in [0.29, 0.717) is 24.3 Å². The van der Waals surface area contributed by atoms with Gasteiger partial charge in [-0.2, -0.15) is 0 Å². The predicted octanol–water partition coefficient (Wildman–Crippen LogP) is 1.77. The third-order valence-electron chi connectivity index (χ3n) is 3.94. The Morgan fingerprint density at radius 1 is 1.39 bits per heavy atom. The fraction of sp³-hybridized carbons (Fsp3) is 0.571. The van der Waals surface area contributed by atoms with E-state index >= 15 is 0 Å². The average molecular weight is 251 g/mol. The van der Waals surface area contributed by atoms with Crippen molar-refractivity contribution in [3.05, 3.63) is 35.6 Å². The first kappa shape index (κ1) is 12.1. The van der Waals surface area contributed by atoms with Gasteiger partial charge in [0.25, 0.3) is 0 Å². The van der Waals surface area contributed by atoms with Crippen molar-refractivity contribution in [3.8, 4) is 0 Å². The molecule has 0 saturated carbocycles. The Morgan fingerprint density at radius 2 is 2.22 bits per heavy atom. The van der Waals surface area contributed by atoms with E-state index in [2.05, 4.69) is 5.32 Å². The van der Waals surface area contributed by atoms with Crippen LogP contribution in [0.3, 0.4) is 0 Å². The lowest BCUT2D eigenvalue weighted by Gasteiger charge is -2.22. The molecule has 2 fully saturated rings. The molecule has 98 valence electrons. The first-order valence-corrected chi connectivity index (χ1v) is 6.55. The second-order valence-corrected chi connectivity index (χ2v) is 5.16. The Hall–Kier alpha value is -0.970. The average Bonchev–Trinajstić information content (AvgIpc) is 2.98. The molecule has 0 aromatic heterocycles. The molecule has 3 rings (SSSR count). The van der Waals surface area contributed by atoms with Crippen LogP contribution in [0.15, 0.2) is 24.3 Å². The normalized spacial score (nSPS) is 31.8. The first-order valence-electron chi connectivity index (χ1n) is 6.55. The molecule has 2 saturated heterocycles. The zero-order chi connectivity index (χ0) is 12.5. The monoisotopic (exact) mass is 251 g/mol. The number of aliphatic hydroxyl groups excluding tert-OH is 1. The van der Waals surface area contributed by atoms with Crippen molar-refractivity contribution < 1.29 is 14.2 Å². The summed E-state index contributed by atoms with van der Waals surface area (Å²) in [5.41, 5.74) is 0.356. The van der Waals surface area contributed by atoms with Gasteiger partial charge in [0, 0.05) is 18.2 Å². The molecule has 1 aromatic carbocycles. The molecule has 2 aliphatic rings. The maximum atomic E-state index is 13.5. The lowest BCUT2D eigenvalue weighted by atomic mass is 9.95. The van der Waals surface area contributed by atoms with E-state index < -0.39 is 6.10 Å². The summed E-state index contributed by atoms with van der Waals surface area (Å²) in [6.07, 6.45) is 3.12. The van der Waals surface area contributed by atoms with Crippen LogP contribution in [-0.4, -0.2) is 29.9 Å². The predicted molar refractivity (Wildman–Crippen MR) is 65.7 cm³/mol. The van der Waals surface area contributed by atoms with E-state index in [4.69, 9.17) is 4.74 Å². The molecule has 2 aliphatic heterocycles. The number of fused-ring (bicyclic) bond motifs is 2. The van der Waals surface area contributed by atoms with E-state index in [1.165, 1.54) is 6.07 Å². The van der Waals surface area contributed by atoms with Gasteiger partial charge >= 0.3 is 0 Å². The zero-order valence-electron chi connectivity index (χ0n) is 10.2. The highest BCUT2D eigenvalue weighted by molar-refractivity contribution is 5.20. The highest BCUT2D eigenvalue weighted by atomic mass is 19.1. The second kappa shape index (κ2) is 4.96. The van der Waals surface area contributed by atoms with Crippen LogP contribution in [0.5, 0.6) is 0 Å². The first-order chi connectivity index (χ1) is 8.74. The molecule has 0 spiro atoms. The molecule has 4 atom stereocenters. The Bertz CT molecular complexity index is 426. The second-order valence-electron chi connectivity index (χ2n) is 5.16. The van der Waals surface area contributed by atoms with Crippen LogP contribution >= 0.6 is 0 Å². The van der Waals surface area contributed by atoms with Gasteiger partial charge < -0.3 is 15.2 Å². The molecule has 0 amide bonds. The van der Waals surface area contributed by atoms with E-state index in [-0.39, 0.29) is 11.9 Å². The van der Waals surface area contributed by atoms with Crippen molar-refractivity contribution in [1.29, 1.82) is 0 Å². The zero-order valence-corrected chi connectivity index (χ0v) is 10.2. The maximum absolute atomic E-state index is 13.5. The highest BCUT2D eigenvalue weighted by Gasteiger charge is 2.40. The van der Waals surface area contributed by atoms with Crippen LogP contribution in [0, 0.1) is 5.82 Å². The molecule has 4 heteroatoms. The summed E-state index contributed by atoms with van der Waals surface area (Å²) in [5, 5.41) is 13.3. The molecule has 0 radical (unpaired) electrons. The number of hydrogen-bond donors (Lipinski definition) is 2. The van der Waals surface area contributed by atoms with Gasteiger partial charge in [0.2, 0.25) is 0 Å². The van der Waals surface area contributed by atoms with Crippen LogP contribution in [-0.2, 0) is 4.74 Å². The summed E-state index contributed by atoms with van der Waals surface area (Å²) < 4.78 is 19.2. The molecule has 1 aromatic rings. The Kier molecular flexibility index (Phi) is 3.33. The fourth-order valence-electron chi connectivity index (χ4n) is 2.97. The summed E-state index contributed by atoms with van der Waals surface area (Å²) in [6.45, 7) is 0.373. The van der Waals surface area contributed by atoms with Crippen molar-refractivity contribution in [2.24, 2.45) is 0 Å². The van der Waals surface area contributed by atoms with E-state index in [1.807, 2.05) is 0 Å². The minimum Gasteiger partial charge on any atom is -0.387 e. The van der Waals surface area contributed by atoms with Crippen LogP contribution in [0.1, 0.15) is 30.9 Å². The van der Waals surface area contributed by atoms with Crippen LogP contribution in [0.2, 0.25) is 0 Å². The molecular formula is C14H18FNO2. The lowest BCUT2D eigenvalue weighted by Crippen LogP contribution is -2.39. The van der Waals surface area contributed by atoms with Crippen LogP contribution in [0.25, 0.3) is 0 Å². The molecule has 0 aliphatic carbocycles. The summed E-state index contributed by atoms with van der Waals surface area (Å²) in [5.74, 6) is -0.351. The summed E-state index contributed by atoms with van der Waals surface area (Å²) >= 11 is 0. The largest absolute Gasteiger partial charge is 0.387 e. The minimum atomic E-state index is -0.801. The van der Waals surface area contributed by atoms with Gasteiger partial charge in [0.05, 0.1) is 18.3 Å². The standard InChI is InChI=1S/C14H18FNO2/c15-11-4-2-1-3-10(11)13(17)8-16-12-7-9-5-6-14(12)18-9/h1-4,9,12-14,16-17H,5-8H2. The van der Waals surface area contributed by atoms with Gasteiger partial charge in [-0.15, -0.1) is 0 Å². The van der Waals surface area contributed by atoms with Gasteiger partial charge in [-0.1, -0.05) is 18.2 Å². The van der Waals surface area contributed by atoms with E-state index in [1.54, 1.807) is 18.2 Å². The maximum Gasteiger partial charge on any atom is 0.129 e. The summed E-state index contributed by atoms with van der Waals surface area (Å²) in [6, 6.07) is 6.67. The number of aliphatic hydroxyl groups is 1. The van der Waals surface area contributed by atoms with E-state index in [0.717, 1.165) is 19.3 Å². The minimum absolute atomic E-state index is 0.280. The fourth-order valence-corrected chi connectivity index (χ4v) is 2.97. The van der Waals surface area contributed by atoms with Crippen molar-refractivity contribution in [3.63, 3.8) is 0 Å². The Morgan fingerprint density at radius 3 is 2.89 bits per heavy atom. The van der Waals surface area contributed by atoms with Crippen molar-refractivity contribution in [1.82, 2.24) is 5.32 Å². The number of benzene rings is 1. The SMILES string of the molecule is OC(CNC1CC2CCC1O2)c1ccccc1F. The Labute approximate surface area is 106 Å². The molecule has 3 nitrogen and oxygen atoms in total. The molecule has 2 heterocycles. The molecule has 18 heavy (non-hydrogen) atoms. The number of halogens is 1. The topological polar surface area (TPSA) is 41.5 Å². The Balaban J connectivity index is 1.56. The number of hydrogen-bond acceptors (Lipinski definition) is 3. The third kappa shape index (κ3) is 2.28. The molecule has 4 unspecified atom stereocenters. The number of ether oxygens (including phenoxy) is 1. The lowest BCUT2D eigenvalue weighted by molar-refractivity contribution is 0.0940. The highest BCUT2D eigenvalue weighted by Crippen LogP contribution is 2.34. The molecular weight excluding hydrogens is 233 g/mol. The van der Waals surface area contributed by atoms with Crippen LogP contribution in [0.4, 0.5) is 4.39 Å². The third-order valence-corrected chi connectivity index (χ3v) is 3.94. The van der Waals surface area contributed by atoms with E-state index in [9.17, 15) is 9.50 Å². The summed E-state index contributed by atoms with van der Waals surface area (Å²) in [7, 11) is 0. The van der Waals surface area contributed by atoms with Gasteiger partial charge in [0.1, 0.15) is 5.82 Å². The molecule has 2 N–H and O–H groups in total. The van der Waals surface area contributed by atoms with Crippen molar-refractivity contribution in [2.45, 2.75) is 43.6 Å². The number of nitrogens with one attached hydrogen (secondary N) is 1. The van der Waals surface area contributed by atoms with Crippen molar-refractivity contribution >= 4 is 0 Å². The molecule has 2 bridgehead atoms. The quantitative estimate of drug-likeness (QED) is 0.857. The van der Waals surface area contributed by atoms with Crippen molar-refractivity contribution in [2.75, 3.05) is 6.54 Å². The van der Waals surface area contributed by atoms with Gasteiger partial charge in [-0.05, 0) is 25.3 Å². The van der Waals surface area contributed by atoms with Gasteiger partial charge in [-0.25, -0.2) is 4.39 Å². The van der Waals surface area contributed by atoms with Crippen LogP contribution < -0.4 is 5.32 Å².